The van der Waals surface area contributed by atoms with E-state index in [1.54, 1.807) is 4.90 Å². The standard InChI is InChI=1S/C15H21N3O/c1-4-18(5-2)15(19)17-14-11-13(7-6-10-16)9-8-12(14)3/h8-9,11H,4-5,10,16H2,1-3H3,(H,17,19). The van der Waals surface area contributed by atoms with Gasteiger partial charge in [0.05, 0.1) is 6.54 Å². The molecule has 0 bridgehead atoms. The molecule has 19 heavy (non-hydrogen) atoms. The Labute approximate surface area is 115 Å². The quantitative estimate of drug-likeness (QED) is 0.817. The number of aryl methyl sites for hydroxylation is 1. The van der Waals surface area contributed by atoms with E-state index in [1.165, 1.54) is 0 Å². The largest absolute Gasteiger partial charge is 0.325 e. The minimum absolute atomic E-state index is 0.0861. The Kier molecular flexibility index (Phi) is 5.91. The second-order valence-electron chi connectivity index (χ2n) is 4.14. The number of nitrogens with one attached hydrogen (secondary N) is 1. The van der Waals surface area contributed by atoms with Crippen LogP contribution in [0.3, 0.4) is 0 Å². The summed E-state index contributed by atoms with van der Waals surface area (Å²) in [5.74, 6) is 5.77. The number of nitrogens with two attached hydrogens (primary N) is 1. The second-order valence-corrected chi connectivity index (χ2v) is 4.14. The first kappa shape index (κ1) is 15.1. The molecule has 0 heterocycles. The van der Waals surface area contributed by atoms with E-state index in [2.05, 4.69) is 17.2 Å². The number of benzene rings is 1. The summed E-state index contributed by atoms with van der Waals surface area (Å²) in [5.41, 5.74) is 8.01. The van der Waals surface area contributed by atoms with E-state index in [1.807, 2.05) is 39.0 Å². The van der Waals surface area contributed by atoms with Gasteiger partial charge in [-0.3, -0.25) is 0 Å². The molecule has 0 aromatic heterocycles. The molecule has 0 aliphatic heterocycles. The third kappa shape index (κ3) is 4.31. The lowest BCUT2D eigenvalue weighted by molar-refractivity contribution is 0.217. The highest BCUT2D eigenvalue weighted by Crippen LogP contribution is 2.17. The lowest BCUT2D eigenvalue weighted by Gasteiger charge is -2.20. The summed E-state index contributed by atoms with van der Waals surface area (Å²) >= 11 is 0. The van der Waals surface area contributed by atoms with Crippen LogP contribution in [-0.2, 0) is 0 Å². The summed E-state index contributed by atoms with van der Waals surface area (Å²) in [4.78, 5) is 13.7. The van der Waals surface area contributed by atoms with Crippen LogP contribution in [0.2, 0.25) is 0 Å². The van der Waals surface area contributed by atoms with Crippen LogP contribution in [0.15, 0.2) is 18.2 Å². The molecule has 4 heteroatoms. The Morgan fingerprint density at radius 1 is 1.37 bits per heavy atom. The minimum atomic E-state index is -0.0861. The number of hydrogen-bond acceptors (Lipinski definition) is 2. The maximum absolute atomic E-state index is 12.0. The third-order valence-electron chi connectivity index (χ3n) is 2.86. The molecule has 3 N–H and O–H groups in total. The van der Waals surface area contributed by atoms with Gasteiger partial charge in [0.15, 0.2) is 0 Å². The van der Waals surface area contributed by atoms with Crippen molar-refractivity contribution in [3.05, 3.63) is 29.3 Å². The Hall–Kier alpha value is -1.99. The average molecular weight is 259 g/mol. The van der Waals surface area contributed by atoms with Gasteiger partial charge in [-0.15, -0.1) is 0 Å². The number of carbonyl (C=O) groups excluding carboxylic acids is 1. The highest BCUT2D eigenvalue weighted by Gasteiger charge is 2.10. The van der Waals surface area contributed by atoms with Crippen LogP contribution < -0.4 is 11.1 Å². The number of rotatable bonds is 3. The van der Waals surface area contributed by atoms with Crippen LogP contribution in [-0.4, -0.2) is 30.6 Å². The number of anilines is 1. The fourth-order valence-electron chi connectivity index (χ4n) is 1.69. The van der Waals surface area contributed by atoms with E-state index in [0.717, 1.165) is 16.8 Å². The van der Waals surface area contributed by atoms with Crippen molar-refractivity contribution in [2.24, 2.45) is 5.73 Å². The van der Waals surface area contributed by atoms with Crippen molar-refractivity contribution < 1.29 is 4.79 Å². The highest BCUT2D eigenvalue weighted by atomic mass is 16.2. The molecule has 2 amide bonds. The number of amides is 2. The van der Waals surface area contributed by atoms with Crippen LogP contribution in [0.4, 0.5) is 10.5 Å². The molecule has 0 unspecified atom stereocenters. The zero-order chi connectivity index (χ0) is 14.3. The molecule has 0 fully saturated rings. The lowest BCUT2D eigenvalue weighted by Crippen LogP contribution is -2.34. The molecule has 1 rings (SSSR count). The number of nitrogens with zero attached hydrogens (tertiary/aromatic N) is 1. The smallest absolute Gasteiger partial charge is 0.321 e. The van der Waals surface area contributed by atoms with Crippen molar-refractivity contribution in [1.82, 2.24) is 4.90 Å². The molecule has 0 radical (unpaired) electrons. The molecular formula is C15H21N3O. The van der Waals surface area contributed by atoms with Gasteiger partial charge in [-0.25, -0.2) is 4.79 Å². The van der Waals surface area contributed by atoms with E-state index in [9.17, 15) is 4.79 Å². The number of carbonyl (C=O) groups is 1. The van der Waals surface area contributed by atoms with Gasteiger partial charge in [-0.2, -0.15) is 0 Å². The molecule has 0 saturated carbocycles. The van der Waals surface area contributed by atoms with Gasteiger partial charge in [0.25, 0.3) is 0 Å². The Balaban J connectivity index is 2.90. The lowest BCUT2D eigenvalue weighted by atomic mass is 10.1. The first-order valence-electron chi connectivity index (χ1n) is 6.47. The van der Waals surface area contributed by atoms with Crippen LogP contribution in [0.1, 0.15) is 25.0 Å². The zero-order valence-electron chi connectivity index (χ0n) is 11.8. The van der Waals surface area contributed by atoms with E-state index >= 15 is 0 Å². The Morgan fingerprint density at radius 3 is 2.63 bits per heavy atom. The van der Waals surface area contributed by atoms with Crippen molar-refractivity contribution in [2.45, 2.75) is 20.8 Å². The first-order chi connectivity index (χ1) is 9.12. The molecule has 0 atom stereocenters. The molecule has 0 aliphatic rings. The average Bonchev–Trinajstić information content (AvgIpc) is 2.41. The normalized spacial score (nSPS) is 9.47. The molecule has 0 saturated heterocycles. The van der Waals surface area contributed by atoms with Gasteiger partial charge in [0, 0.05) is 24.3 Å². The van der Waals surface area contributed by atoms with Gasteiger partial charge in [-0.05, 0) is 38.5 Å². The van der Waals surface area contributed by atoms with Gasteiger partial charge >= 0.3 is 6.03 Å². The predicted molar refractivity (Wildman–Crippen MR) is 79.1 cm³/mol. The van der Waals surface area contributed by atoms with E-state index in [-0.39, 0.29) is 6.03 Å². The summed E-state index contributed by atoms with van der Waals surface area (Å²) in [6.45, 7) is 7.58. The van der Waals surface area contributed by atoms with Crippen LogP contribution in [0.5, 0.6) is 0 Å². The van der Waals surface area contributed by atoms with Crippen molar-refractivity contribution in [1.29, 1.82) is 0 Å². The minimum Gasteiger partial charge on any atom is -0.325 e. The molecule has 1 aromatic carbocycles. The van der Waals surface area contributed by atoms with Crippen LogP contribution in [0, 0.1) is 18.8 Å². The maximum Gasteiger partial charge on any atom is 0.321 e. The van der Waals surface area contributed by atoms with Crippen molar-refractivity contribution in [2.75, 3.05) is 25.0 Å². The Bertz CT molecular complexity index is 496. The molecular weight excluding hydrogens is 238 g/mol. The molecule has 0 spiro atoms. The molecule has 102 valence electrons. The molecule has 1 aromatic rings. The zero-order valence-corrected chi connectivity index (χ0v) is 11.8. The third-order valence-corrected chi connectivity index (χ3v) is 2.86. The second kappa shape index (κ2) is 7.45. The summed E-state index contributed by atoms with van der Waals surface area (Å²) in [7, 11) is 0. The molecule has 0 aliphatic carbocycles. The predicted octanol–water partition coefficient (Wildman–Crippen LogP) is 2.18. The van der Waals surface area contributed by atoms with E-state index < -0.39 is 0 Å². The highest BCUT2D eigenvalue weighted by molar-refractivity contribution is 5.90. The van der Waals surface area contributed by atoms with Crippen molar-refractivity contribution in [3.8, 4) is 11.8 Å². The SMILES string of the molecule is CCN(CC)C(=O)Nc1cc(C#CCN)ccc1C. The summed E-state index contributed by atoms with van der Waals surface area (Å²) in [5, 5.41) is 2.92. The maximum atomic E-state index is 12.0. The fraction of sp³-hybridized carbons (Fsp3) is 0.400. The molecule has 4 nitrogen and oxygen atoms in total. The van der Waals surface area contributed by atoms with Gasteiger partial charge in [0.2, 0.25) is 0 Å². The fourth-order valence-corrected chi connectivity index (χ4v) is 1.69. The van der Waals surface area contributed by atoms with Gasteiger partial charge in [0.1, 0.15) is 0 Å². The summed E-state index contributed by atoms with van der Waals surface area (Å²) < 4.78 is 0. The first-order valence-corrected chi connectivity index (χ1v) is 6.47. The Morgan fingerprint density at radius 2 is 2.05 bits per heavy atom. The topological polar surface area (TPSA) is 58.4 Å². The summed E-state index contributed by atoms with van der Waals surface area (Å²) in [6.07, 6.45) is 0. The number of hydrogen-bond donors (Lipinski definition) is 2. The van der Waals surface area contributed by atoms with E-state index in [0.29, 0.717) is 19.6 Å². The van der Waals surface area contributed by atoms with Crippen molar-refractivity contribution >= 4 is 11.7 Å². The van der Waals surface area contributed by atoms with Gasteiger partial charge in [-0.1, -0.05) is 17.9 Å². The van der Waals surface area contributed by atoms with Gasteiger partial charge < -0.3 is 16.0 Å². The van der Waals surface area contributed by atoms with Crippen molar-refractivity contribution in [3.63, 3.8) is 0 Å². The monoisotopic (exact) mass is 259 g/mol. The number of urea groups is 1. The van der Waals surface area contributed by atoms with E-state index in [4.69, 9.17) is 5.73 Å². The van der Waals surface area contributed by atoms with Crippen LogP contribution in [0.25, 0.3) is 0 Å². The van der Waals surface area contributed by atoms with Crippen LogP contribution >= 0.6 is 0 Å². The summed E-state index contributed by atoms with van der Waals surface area (Å²) in [6, 6.07) is 5.65.